The second-order valence-corrected chi connectivity index (χ2v) is 8.58. The zero-order valence-electron chi connectivity index (χ0n) is 17.0. The quantitative estimate of drug-likeness (QED) is 0.692. The highest BCUT2D eigenvalue weighted by Crippen LogP contribution is 2.48. The van der Waals surface area contributed by atoms with Gasteiger partial charge in [-0.05, 0) is 30.5 Å². The Bertz CT molecular complexity index is 1150. The standard InChI is InChI=1S/C22H22N4O5/c1-25-11-13(10-23-25)19-7-17(24-31-19)21(27)26-15-3-4-16(26)9-22(28,8-15)14-2-5-18-20(6-14)30-12-29-18/h2,5-7,10-11,15-16,28H,3-4,8-9,12H2,1H3. The summed E-state index contributed by atoms with van der Waals surface area (Å²) in [5, 5.41) is 19.6. The van der Waals surface area contributed by atoms with Crippen molar-refractivity contribution in [1.29, 1.82) is 0 Å². The second-order valence-electron chi connectivity index (χ2n) is 8.58. The number of hydrogen-bond acceptors (Lipinski definition) is 7. The van der Waals surface area contributed by atoms with Crippen molar-refractivity contribution in [3.63, 3.8) is 0 Å². The molecule has 5 heterocycles. The molecule has 6 rings (SSSR count). The number of piperidine rings is 1. The summed E-state index contributed by atoms with van der Waals surface area (Å²) in [6.45, 7) is 0.198. The molecule has 2 fully saturated rings. The molecule has 9 heteroatoms. The molecule has 2 unspecified atom stereocenters. The van der Waals surface area contributed by atoms with Gasteiger partial charge in [0.2, 0.25) is 6.79 Å². The van der Waals surface area contributed by atoms with Gasteiger partial charge in [0.25, 0.3) is 5.91 Å². The van der Waals surface area contributed by atoms with Crippen LogP contribution in [0.4, 0.5) is 0 Å². The minimum atomic E-state index is -1.01. The molecule has 9 nitrogen and oxygen atoms in total. The first-order chi connectivity index (χ1) is 15.0. The van der Waals surface area contributed by atoms with Crippen molar-refractivity contribution in [2.45, 2.75) is 43.4 Å². The summed E-state index contributed by atoms with van der Waals surface area (Å²) in [5.41, 5.74) is 0.854. The van der Waals surface area contributed by atoms with Crippen molar-refractivity contribution >= 4 is 5.91 Å². The predicted octanol–water partition coefficient (Wildman–Crippen LogP) is 2.46. The number of aliphatic hydroxyl groups is 1. The predicted molar refractivity (Wildman–Crippen MR) is 107 cm³/mol. The molecule has 0 spiro atoms. The maximum absolute atomic E-state index is 13.3. The van der Waals surface area contributed by atoms with E-state index >= 15 is 0 Å². The number of amides is 1. The lowest BCUT2D eigenvalue weighted by Crippen LogP contribution is -2.52. The first-order valence-corrected chi connectivity index (χ1v) is 10.4. The Morgan fingerprint density at radius 2 is 1.94 bits per heavy atom. The van der Waals surface area contributed by atoms with Gasteiger partial charge in [-0.15, -0.1) is 0 Å². The molecule has 0 saturated carbocycles. The average molecular weight is 422 g/mol. The monoisotopic (exact) mass is 422 g/mol. The second kappa shape index (κ2) is 6.58. The minimum Gasteiger partial charge on any atom is -0.454 e. The van der Waals surface area contributed by atoms with Crippen LogP contribution < -0.4 is 9.47 Å². The molecule has 1 N–H and O–H groups in total. The number of ether oxygens (including phenoxy) is 2. The van der Waals surface area contributed by atoms with E-state index in [4.69, 9.17) is 14.0 Å². The van der Waals surface area contributed by atoms with Crippen molar-refractivity contribution < 1.29 is 23.9 Å². The van der Waals surface area contributed by atoms with Gasteiger partial charge in [0.15, 0.2) is 23.0 Å². The van der Waals surface area contributed by atoms with Gasteiger partial charge < -0.3 is 24.0 Å². The van der Waals surface area contributed by atoms with Gasteiger partial charge in [-0.3, -0.25) is 9.48 Å². The van der Waals surface area contributed by atoms with Crippen LogP contribution in [0.25, 0.3) is 11.3 Å². The van der Waals surface area contributed by atoms with E-state index in [1.165, 1.54) is 0 Å². The normalized spacial score (nSPS) is 26.5. The number of benzene rings is 1. The zero-order chi connectivity index (χ0) is 21.2. The molecule has 0 aliphatic carbocycles. The van der Waals surface area contributed by atoms with Crippen LogP contribution in [0.1, 0.15) is 41.7 Å². The fourth-order valence-corrected chi connectivity index (χ4v) is 5.17. The molecular weight excluding hydrogens is 400 g/mol. The highest BCUT2D eigenvalue weighted by Gasteiger charge is 2.50. The number of carbonyl (C=O) groups excluding carboxylic acids is 1. The molecule has 3 aliphatic heterocycles. The van der Waals surface area contributed by atoms with Crippen LogP contribution in [0.2, 0.25) is 0 Å². The van der Waals surface area contributed by atoms with Crippen molar-refractivity contribution in [1.82, 2.24) is 19.8 Å². The van der Waals surface area contributed by atoms with E-state index in [0.717, 1.165) is 24.0 Å². The summed E-state index contributed by atoms with van der Waals surface area (Å²) in [6.07, 6.45) is 6.15. The third kappa shape index (κ3) is 2.91. The third-order valence-electron chi connectivity index (χ3n) is 6.63. The van der Waals surface area contributed by atoms with Crippen molar-refractivity contribution in [2.75, 3.05) is 6.79 Å². The average Bonchev–Trinajstić information content (AvgIpc) is 3.53. The van der Waals surface area contributed by atoms with Crippen molar-refractivity contribution in [2.24, 2.45) is 7.05 Å². The van der Waals surface area contributed by atoms with Crippen molar-refractivity contribution in [3.8, 4) is 22.8 Å². The SMILES string of the molecule is Cn1cc(-c2cc(C(=O)N3C4CCC3CC(O)(c3ccc5c(c3)OCO5)C4)no2)cn1. The van der Waals surface area contributed by atoms with E-state index in [1.807, 2.05) is 36.3 Å². The molecule has 2 bridgehead atoms. The number of aryl methyl sites for hydroxylation is 1. The van der Waals surface area contributed by atoms with Crippen molar-refractivity contribution in [3.05, 3.63) is 47.9 Å². The molecule has 2 saturated heterocycles. The Kier molecular flexibility index (Phi) is 3.92. The highest BCUT2D eigenvalue weighted by atomic mass is 16.7. The fourth-order valence-electron chi connectivity index (χ4n) is 5.17. The fraction of sp³-hybridized carbons (Fsp3) is 0.409. The van der Waals surface area contributed by atoms with Gasteiger partial charge in [0, 0.05) is 44.2 Å². The molecule has 0 radical (unpaired) electrons. The van der Waals surface area contributed by atoms with Gasteiger partial charge in [-0.1, -0.05) is 11.2 Å². The number of nitrogens with zero attached hydrogens (tertiary/aromatic N) is 4. The molecule has 160 valence electrons. The lowest BCUT2D eigenvalue weighted by atomic mass is 9.80. The number of rotatable bonds is 3. The minimum absolute atomic E-state index is 0.0554. The van der Waals surface area contributed by atoms with Gasteiger partial charge >= 0.3 is 0 Å². The Morgan fingerprint density at radius 3 is 2.68 bits per heavy atom. The van der Waals surface area contributed by atoms with Crippen LogP contribution >= 0.6 is 0 Å². The van der Waals surface area contributed by atoms with E-state index in [2.05, 4.69) is 10.3 Å². The summed E-state index contributed by atoms with van der Waals surface area (Å²) < 4.78 is 17.9. The molecule has 1 amide bonds. The molecule has 2 atom stereocenters. The van der Waals surface area contributed by atoms with Crippen LogP contribution in [-0.4, -0.2) is 49.7 Å². The largest absolute Gasteiger partial charge is 0.454 e. The van der Waals surface area contributed by atoms with Crippen LogP contribution in [-0.2, 0) is 12.6 Å². The smallest absolute Gasteiger partial charge is 0.276 e. The van der Waals surface area contributed by atoms with Crippen LogP contribution in [0, 0.1) is 0 Å². The summed E-state index contributed by atoms with van der Waals surface area (Å²) in [6, 6.07) is 7.14. The molecule has 3 aliphatic rings. The Hall–Kier alpha value is -3.33. The van der Waals surface area contributed by atoms with Gasteiger partial charge in [-0.25, -0.2) is 0 Å². The van der Waals surface area contributed by atoms with Gasteiger partial charge in [-0.2, -0.15) is 5.10 Å². The number of fused-ring (bicyclic) bond motifs is 3. The maximum Gasteiger partial charge on any atom is 0.276 e. The maximum atomic E-state index is 13.3. The van der Waals surface area contributed by atoms with Crippen LogP contribution in [0.15, 0.2) is 41.2 Å². The molecule has 3 aromatic rings. The Balaban J connectivity index is 1.24. The van der Waals surface area contributed by atoms with E-state index in [0.29, 0.717) is 30.1 Å². The highest BCUT2D eigenvalue weighted by molar-refractivity contribution is 5.94. The number of aromatic nitrogens is 3. The van der Waals surface area contributed by atoms with E-state index in [9.17, 15) is 9.90 Å². The Labute approximate surface area is 178 Å². The number of hydrogen-bond donors (Lipinski definition) is 1. The van der Waals surface area contributed by atoms with Crippen LogP contribution in [0.3, 0.4) is 0 Å². The first kappa shape index (κ1) is 18.4. The zero-order valence-corrected chi connectivity index (χ0v) is 17.0. The molecule has 1 aromatic carbocycles. The summed E-state index contributed by atoms with van der Waals surface area (Å²) in [5.74, 6) is 1.71. The van der Waals surface area contributed by atoms with Crippen LogP contribution in [0.5, 0.6) is 11.5 Å². The van der Waals surface area contributed by atoms with E-state index in [-0.39, 0.29) is 30.5 Å². The van der Waals surface area contributed by atoms with Gasteiger partial charge in [0.1, 0.15) is 0 Å². The topological polar surface area (TPSA) is 103 Å². The summed E-state index contributed by atoms with van der Waals surface area (Å²) in [4.78, 5) is 15.2. The molecular formula is C22H22N4O5. The van der Waals surface area contributed by atoms with E-state index < -0.39 is 5.60 Å². The number of carbonyl (C=O) groups is 1. The molecule has 2 aromatic heterocycles. The summed E-state index contributed by atoms with van der Waals surface area (Å²) in [7, 11) is 1.82. The lowest BCUT2D eigenvalue weighted by Gasteiger charge is -2.43. The first-order valence-electron chi connectivity index (χ1n) is 10.4. The lowest BCUT2D eigenvalue weighted by molar-refractivity contribution is -0.0482. The van der Waals surface area contributed by atoms with Gasteiger partial charge in [0.05, 0.1) is 17.4 Å². The Morgan fingerprint density at radius 1 is 1.16 bits per heavy atom. The van der Waals surface area contributed by atoms with E-state index in [1.54, 1.807) is 16.9 Å². The summed E-state index contributed by atoms with van der Waals surface area (Å²) >= 11 is 0. The third-order valence-corrected chi connectivity index (χ3v) is 6.63. The molecule has 31 heavy (non-hydrogen) atoms.